The molecule has 1 N–H and O–H groups in total. The molecule has 0 spiro atoms. The highest BCUT2D eigenvalue weighted by molar-refractivity contribution is 9.10. The lowest BCUT2D eigenvalue weighted by Gasteiger charge is -2.23. The molecule has 0 heterocycles. The maximum atomic E-state index is 5.63. The van der Waals surface area contributed by atoms with Crippen LogP contribution in [0.3, 0.4) is 0 Å². The number of ether oxygens (including phenoxy) is 2. The van der Waals surface area contributed by atoms with Crippen LogP contribution < -0.4 is 14.8 Å². The zero-order valence-electron chi connectivity index (χ0n) is 12.9. The number of halogens is 1. The van der Waals surface area contributed by atoms with Gasteiger partial charge in [0.15, 0.2) is 0 Å². The molecular weight excluding hydrogens is 318 g/mol. The molecule has 0 bridgehead atoms. The average Bonchev–Trinajstić information content (AvgIpc) is 3.04. The largest absolute Gasteiger partial charge is 0.495 e. The van der Waals surface area contributed by atoms with Crippen LogP contribution in [0.25, 0.3) is 0 Å². The van der Waals surface area contributed by atoms with Gasteiger partial charge in [0, 0.05) is 11.6 Å². The molecule has 20 heavy (non-hydrogen) atoms. The van der Waals surface area contributed by atoms with Crippen LogP contribution >= 0.6 is 15.9 Å². The van der Waals surface area contributed by atoms with E-state index in [0.29, 0.717) is 17.4 Å². The first-order valence-corrected chi connectivity index (χ1v) is 7.89. The fourth-order valence-electron chi connectivity index (χ4n) is 2.93. The molecule has 1 aliphatic rings. The normalized spacial score (nSPS) is 21.4. The van der Waals surface area contributed by atoms with Crippen LogP contribution in [-0.2, 0) is 0 Å². The van der Waals surface area contributed by atoms with Crippen molar-refractivity contribution in [3.63, 3.8) is 0 Å². The Hall–Kier alpha value is -0.740. The van der Waals surface area contributed by atoms with Gasteiger partial charge in [0.2, 0.25) is 0 Å². The standard InChI is InChI=1S/C16H24BrNO2/c1-6-18-14(11-9-16(11,2)3)10-7-8-12(19-4)13(17)15(10)20-5/h7-8,11,14,18H,6,9H2,1-5H3. The van der Waals surface area contributed by atoms with Crippen molar-refractivity contribution in [1.29, 1.82) is 0 Å². The minimum Gasteiger partial charge on any atom is -0.495 e. The molecule has 1 saturated carbocycles. The van der Waals surface area contributed by atoms with Gasteiger partial charge in [0.25, 0.3) is 0 Å². The van der Waals surface area contributed by atoms with Crippen molar-refractivity contribution >= 4 is 15.9 Å². The molecule has 112 valence electrons. The highest BCUT2D eigenvalue weighted by atomic mass is 79.9. The fourth-order valence-corrected chi connectivity index (χ4v) is 3.61. The van der Waals surface area contributed by atoms with Crippen molar-refractivity contribution in [2.75, 3.05) is 20.8 Å². The Morgan fingerprint density at radius 3 is 2.45 bits per heavy atom. The Morgan fingerprint density at radius 2 is 2.00 bits per heavy atom. The second kappa shape index (κ2) is 5.94. The quantitative estimate of drug-likeness (QED) is 0.842. The third-order valence-electron chi connectivity index (χ3n) is 4.27. The molecule has 2 atom stereocenters. The SMILES string of the molecule is CCNC(c1ccc(OC)c(Br)c1OC)C1CC1(C)C. The average molecular weight is 342 g/mol. The van der Waals surface area contributed by atoms with Gasteiger partial charge in [-0.15, -0.1) is 0 Å². The molecule has 0 radical (unpaired) electrons. The topological polar surface area (TPSA) is 30.5 Å². The van der Waals surface area contributed by atoms with Crippen LogP contribution in [0.4, 0.5) is 0 Å². The van der Waals surface area contributed by atoms with Crippen molar-refractivity contribution in [1.82, 2.24) is 5.32 Å². The maximum Gasteiger partial charge on any atom is 0.141 e. The van der Waals surface area contributed by atoms with E-state index in [9.17, 15) is 0 Å². The number of nitrogens with one attached hydrogen (secondary N) is 1. The molecule has 0 aromatic heterocycles. The van der Waals surface area contributed by atoms with E-state index in [1.807, 2.05) is 6.07 Å². The third-order valence-corrected chi connectivity index (χ3v) is 5.02. The Bertz CT molecular complexity index is 488. The molecule has 1 aliphatic carbocycles. The number of hydrogen-bond acceptors (Lipinski definition) is 3. The molecule has 2 unspecified atom stereocenters. The summed E-state index contributed by atoms with van der Waals surface area (Å²) in [4.78, 5) is 0. The number of rotatable bonds is 6. The lowest BCUT2D eigenvalue weighted by molar-refractivity contribution is 0.366. The number of methoxy groups -OCH3 is 2. The van der Waals surface area contributed by atoms with Gasteiger partial charge in [-0.3, -0.25) is 0 Å². The van der Waals surface area contributed by atoms with Crippen LogP contribution in [0.5, 0.6) is 11.5 Å². The van der Waals surface area contributed by atoms with Gasteiger partial charge < -0.3 is 14.8 Å². The smallest absolute Gasteiger partial charge is 0.141 e. The lowest BCUT2D eigenvalue weighted by Crippen LogP contribution is -2.25. The van der Waals surface area contributed by atoms with Gasteiger partial charge in [-0.1, -0.05) is 20.8 Å². The van der Waals surface area contributed by atoms with Crippen LogP contribution in [0.15, 0.2) is 16.6 Å². The van der Waals surface area contributed by atoms with Crippen molar-refractivity contribution < 1.29 is 9.47 Å². The van der Waals surface area contributed by atoms with Gasteiger partial charge >= 0.3 is 0 Å². The molecule has 3 nitrogen and oxygen atoms in total. The van der Waals surface area contributed by atoms with Gasteiger partial charge in [0.1, 0.15) is 16.0 Å². The molecule has 1 aromatic carbocycles. The van der Waals surface area contributed by atoms with E-state index in [4.69, 9.17) is 9.47 Å². The first kappa shape index (κ1) is 15.6. The molecule has 1 aromatic rings. The second-order valence-electron chi connectivity index (χ2n) is 6.04. The van der Waals surface area contributed by atoms with E-state index in [2.05, 4.69) is 48.1 Å². The minimum atomic E-state index is 0.326. The summed E-state index contributed by atoms with van der Waals surface area (Å²) in [5.74, 6) is 2.32. The fraction of sp³-hybridized carbons (Fsp3) is 0.625. The molecule has 0 aliphatic heterocycles. The van der Waals surface area contributed by atoms with Crippen LogP contribution in [0.1, 0.15) is 38.8 Å². The summed E-state index contributed by atoms with van der Waals surface area (Å²) in [6, 6.07) is 4.44. The van der Waals surface area contributed by atoms with Crippen molar-refractivity contribution in [2.24, 2.45) is 11.3 Å². The first-order valence-electron chi connectivity index (χ1n) is 7.10. The summed E-state index contributed by atoms with van der Waals surface area (Å²) in [5, 5.41) is 3.61. The van der Waals surface area contributed by atoms with E-state index >= 15 is 0 Å². The van der Waals surface area contributed by atoms with Crippen LogP contribution in [0, 0.1) is 11.3 Å². The van der Waals surface area contributed by atoms with Crippen LogP contribution in [0.2, 0.25) is 0 Å². The summed E-state index contributed by atoms with van der Waals surface area (Å²) in [6.07, 6.45) is 1.25. The van der Waals surface area contributed by atoms with E-state index in [1.54, 1.807) is 14.2 Å². The summed E-state index contributed by atoms with van der Waals surface area (Å²) in [5.41, 5.74) is 1.61. The maximum absolute atomic E-state index is 5.63. The van der Waals surface area contributed by atoms with Crippen molar-refractivity contribution in [2.45, 2.75) is 33.2 Å². The molecule has 0 amide bonds. The van der Waals surface area contributed by atoms with Gasteiger partial charge in [-0.05, 0) is 52.4 Å². The third kappa shape index (κ3) is 2.82. The highest BCUT2D eigenvalue weighted by Gasteiger charge is 2.50. The monoisotopic (exact) mass is 341 g/mol. The Kier molecular flexibility index (Phi) is 4.65. The van der Waals surface area contributed by atoms with Crippen molar-refractivity contribution in [3.05, 3.63) is 22.2 Å². The molecule has 4 heteroatoms. The molecular formula is C16H24BrNO2. The van der Waals surface area contributed by atoms with E-state index in [0.717, 1.165) is 22.5 Å². The number of hydrogen-bond donors (Lipinski definition) is 1. The predicted molar refractivity (Wildman–Crippen MR) is 85.6 cm³/mol. The van der Waals surface area contributed by atoms with E-state index in [-0.39, 0.29) is 0 Å². The van der Waals surface area contributed by atoms with Gasteiger partial charge in [-0.25, -0.2) is 0 Å². The first-order chi connectivity index (χ1) is 9.46. The molecule has 1 fully saturated rings. The summed E-state index contributed by atoms with van der Waals surface area (Å²) in [7, 11) is 3.38. The van der Waals surface area contributed by atoms with E-state index < -0.39 is 0 Å². The van der Waals surface area contributed by atoms with Gasteiger partial charge in [-0.2, -0.15) is 0 Å². The molecule has 2 rings (SSSR count). The van der Waals surface area contributed by atoms with E-state index in [1.165, 1.54) is 12.0 Å². The summed E-state index contributed by atoms with van der Waals surface area (Å²) < 4.78 is 11.9. The zero-order chi connectivity index (χ0) is 14.9. The summed E-state index contributed by atoms with van der Waals surface area (Å²) >= 11 is 3.59. The minimum absolute atomic E-state index is 0.326. The Labute approximate surface area is 130 Å². The predicted octanol–water partition coefficient (Wildman–Crippen LogP) is 4.16. The zero-order valence-corrected chi connectivity index (χ0v) is 14.5. The Morgan fingerprint density at radius 1 is 1.35 bits per heavy atom. The lowest BCUT2D eigenvalue weighted by atomic mass is 9.96. The summed E-state index contributed by atoms with van der Waals surface area (Å²) in [6.45, 7) is 7.75. The van der Waals surface area contributed by atoms with Gasteiger partial charge in [0.05, 0.1) is 14.2 Å². The molecule has 0 saturated heterocycles. The van der Waals surface area contributed by atoms with Crippen molar-refractivity contribution in [3.8, 4) is 11.5 Å². The highest BCUT2D eigenvalue weighted by Crippen LogP contribution is 2.59. The van der Waals surface area contributed by atoms with Crippen LogP contribution in [-0.4, -0.2) is 20.8 Å². The Balaban J connectivity index is 2.41. The number of benzene rings is 1. The second-order valence-corrected chi connectivity index (χ2v) is 6.83.